The maximum absolute atomic E-state index is 12.0. The van der Waals surface area contributed by atoms with Gasteiger partial charge in [0.05, 0.1) is 21.3 Å². The van der Waals surface area contributed by atoms with Crippen LogP contribution in [0, 0.1) is 0 Å². The Kier molecular flexibility index (Phi) is 5.33. The molecule has 0 radical (unpaired) electrons. The van der Waals surface area contributed by atoms with Gasteiger partial charge < -0.3 is 16.4 Å². The number of rotatable bonds is 4. The van der Waals surface area contributed by atoms with Crippen LogP contribution >= 0.6 is 22.9 Å². The molecule has 4 N–H and O–H groups in total. The Bertz CT molecular complexity index is 892. The third kappa shape index (κ3) is 4.59. The smallest absolute Gasteiger partial charge is 0.323 e. The zero-order chi connectivity index (χ0) is 17.6. The first-order valence-corrected chi connectivity index (χ1v) is 8.68. The summed E-state index contributed by atoms with van der Waals surface area (Å²) < 4.78 is 0. The van der Waals surface area contributed by atoms with Gasteiger partial charge in [-0.1, -0.05) is 29.8 Å². The average Bonchev–Trinajstić information content (AvgIpc) is 3.13. The molecule has 2 amide bonds. The highest BCUT2D eigenvalue weighted by Gasteiger charge is 2.05. The van der Waals surface area contributed by atoms with Crippen molar-refractivity contribution in [2.75, 3.05) is 10.6 Å². The zero-order valence-electron chi connectivity index (χ0n) is 13.1. The summed E-state index contributed by atoms with van der Waals surface area (Å²) in [6.07, 6.45) is 0. The zero-order valence-corrected chi connectivity index (χ0v) is 14.6. The van der Waals surface area contributed by atoms with E-state index in [0.717, 1.165) is 4.88 Å². The minimum Gasteiger partial charge on any atom is -0.383 e. The number of amidine groups is 1. The molecule has 0 unspecified atom stereocenters. The lowest BCUT2D eigenvalue weighted by Crippen LogP contribution is -2.19. The number of carbonyl (C=O) groups is 1. The van der Waals surface area contributed by atoms with Gasteiger partial charge in [-0.25, -0.2) is 9.79 Å². The van der Waals surface area contributed by atoms with Crippen LogP contribution < -0.4 is 16.4 Å². The quantitative estimate of drug-likeness (QED) is 0.442. The van der Waals surface area contributed by atoms with Crippen LogP contribution in [-0.4, -0.2) is 11.9 Å². The second-order valence-electron chi connectivity index (χ2n) is 5.08. The number of nitrogens with one attached hydrogen (secondary N) is 2. The van der Waals surface area contributed by atoms with Crippen molar-refractivity contribution in [3.05, 3.63) is 75.9 Å². The Hall–Kier alpha value is -2.83. The molecule has 0 atom stereocenters. The summed E-state index contributed by atoms with van der Waals surface area (Å²) in [6.45, 7) is 0. The molecule has 0 aliphatic rings. The molecule has 1 aromatic heterocycles. The summed E-state index contributed by atoms with van der Waals surface area (Å²) >= 11 is 7.55. The van der Waals surface area contributed by atoms with E-state index >= 15 is 0 Å². The van der Waals surface area contributed by atoms with Crippen molar-refractivity contribution in [1.29, 1.82) is 0 Å². The molecule has 0 aliphatic heterocycles. The van der Waals surface area contributed by atoms with E-state index in [2.05, 4.69) is 15.6 Å². The number of nitrogens with zero attached hydrogens (tertiary/aromatic N) is 1. The number of halogens is 1. The van der Waals surface area contributed by atoms with Crippen molar-refractivity contribution in [3.63, 3.8) is 0 Å². The molecular weight excluding hydrogens is 356 g/mol. The van der Waals surface area contributed by atoms with Crippen LogP contribution in [0.2, 0.25) is 5.02 Å². The van der Waals surface area contributed by atoms with Crippen molar-refractivity contribution in [3.8, 4) is 0 Å². The molecule has 25 heavy (non-hydrogen) atoms. The Balaban J connectivity index is 1.64. The molecule has 0 spiro atoms. The number of thiophene rings is 1. The average molecular weight is 371 g/mol. The first kappa shape index (κ1) is 17.0. The van der Waals surface area contributed by atoms with Gasteiger partial charge in [0.2, 0.25) is 0 Å². The van der Waals surface area contributed by atoms with E-state index < -0.39 is 0 Å². The van der Waals surface area contributed by atoms with E-state index in [9.17, 15) is 4.79 Å². The number of hydrogen-bond donors (Lipinski definition) is 3. The van der Waals surface area contributed by atoms with Gasteiger partial charge in [0.1, 0.15) is 5.84 Å². The summed E-state index contributed by atoms with van der Waals surface area (Å²) in [5.41, 5.74) is 7.85. The molecule has 3 rings (SSSR count). The Morgan fingerprint density at radius 3 is 2.44 bits per heavy atom. The third-order valence-corrected chi connectivity index (χ3v) is 4.49. The van der Waals surface area contributed by atoms with E-state index in [0.29, 0.717) is 27.9 Å². The highest BCUT2D eigenvalue weighted by atomic mass is 35.5. The van der Waals surface area contributed by atoms with Gasteiger partial charge in [0.15, 0.2) is 0 Å². The van der Waals surface area contributed by atoms with Gasteiger partial charge in [-0.15, -0.1) is 11.3 Å². The van der Waals surface area contributed by atoms with Crippen LogP contribution in [0.5, 0.6) is 0 Å². The van der Waals surface area contributed by atoms with Crippen LogP contribution in [0.25, 0.3) is 0 Å². The molecule has 2 aromatic carbocycles. The summed E-state index contributed by atoms with van der Waals surface area (Å²) in [6, 6.07) is 17.6. The minimum absolute atomic E-state index is 0.373. The van der Waals surface area contributed by atoms with Crippen LogP contribution in [0.4, 0.5) is 21.9 Å². The topological polar surface area (TPSA) is 79.5 Å². The second kappa shape index (κ2) is 7.83. The number of para-hydroxylation sites is 1. The van der Waals surface area contributed by atoms with Crippen molar-refractivity contribution in [1.82, 2.24) is 0 Å². The summed E-state index contributed by atoms with van der Waals surface area (Å²) in [5, 5.41) is 7.86. The molecule has 0 fully saturated rings. The largest absolute Gasteiger partial charge is 0.383 e. The van der Waals surface area contributed by atoms with Crippen LogP contribution in [-0.2, 0) is 0 Å². The molecular formula is C18H15ClN4OS. The fourth-order valence-corrected chi connectivity index (χ4v) is 2.90. The lowest BCUT2D eigenvalue weighted by molar-refractivity contribution is 0.262. The van der Waals surface area contributed by atoms with Crippen LogP contribution in [0.3, 0.4) is 0 Å². The fraction of sp³-hybridized carbons (Fsp3) is 0. The summed E-state index contributed by atoms with van der Waals surface area (Å²) in [5.74, 6) is 0.465. The van der Waals surface area contributed by atoms with E-state index in [1.165, 1.54) is 11.3 Å². The maximum Gasteiger partial charge on any atom is 0.323 e. The normalized spacial score (nSPS) is 11.2. The first-order chi connectivity index (χ1) is 12.1. The maximum atomic E-state index is 12.0. The van der Waals surface area contributed by atoms with E-state index in [-0.39, 0.29) is 6.03 Å². The Morgan fingerprint density at radius 2 is 1.76 bits per heavy atom. The van der Waals surface area contributed by atoms with E-state index in [1.807, 2.05) is 17.5 Å². The van der Waals surface area contributed by atoms with Gasteiger partial charge in [-0.05, 0) is 47.8 Å². The molecule has 1 heterocycles. The predicted molar refractivity (Wildman–Crippen MR) is 105 cm³/mol. The molecule has 7 heteroatoms. The van der Waals surface area contributed by atoms with Crippen molar-refractivity contribution in [2.24, 2.45) is 10.7 Å². The third-order valence-electron chi connectivity index (χ3n) is 3.27. The van der Waals surface area contributed by atoms with Crippen LogP contribution in [0.15, 0.2) is 71.0 Å². The van der Waals surface area contributed by atoms with Gasteiger partial charge in [-0.2, -0.15) is 0 Å². The Labute approximate surface area is 154 Å². The number of urea groups is 1. The van der Waals surface area contributed by atoms with Crippen molar-refractivity contribution >= 4 is 51.9 Å². The number of carbonyl (C=O) groups excluding carboxylic acids is 1. The molecule has 5 nitrogen and oxygen atoms in total. The van der Waals surface area contributed by atoms with Gasteiger partial charge in [-0.3, -0.25) is 0 Å². The lowest BCUT2D eigenvalue weighted by Gasteiger charge is -2.09. The number of benzene rings is 2. The number of nitrogens with two attached hydrogens (primary N) is 1. The van der Waals surface area contributed by atoms with Crippen molar-refractivity contribution in [2.45, 2.75) is 0 Å². The monoisotopic (exact) mass is 370 g/mol. The minimum atomic E-state index is -0.373. The van der Waals surface area contributed by atoms with Crippen molar-refractivity contribution < 1.29 is 4.79 Å². The highest BCUT2D eigenvalue weighted by molar-refractivity contribution is 7.12. The standard InChI is InChI=1S/C18H15ClN4OS/c19-14-4-1-2-5-15(14)23-18(24)22-13-9-7-12(8-10-13)21-17(20)16-6-3-11-25-16/h1-11H,(H2,20,21)(H2,22,23,24). The fourth-order valence-electron chi connectivity index (χ4n) is 2.09. The molecule has 0 bridgehead atoms. The van der Waals surface area contributed by atoms with E-state index in [4.69, 9.17) is 17.3 Å². The Morgan fingerprint density at radius 1 is 1.00 bits per heavy atom. The molecule has 0 saturated heterocycles. The molecule has 0 saturated carbocycles. The molecule has 0 aliphatic carbocycles. The van der Waals surface area contributed by atoms with Gasteiger partial charge in [0.25, 0.3) is 0 Å². The summed E-state index contributed by atoms with van der Waals surface area (Å²) in [7, 11) is 0. The van der Waals surface area contributed by atoms with Gasteiger partial charge in [0, 0.05) is 5.69 Å². The first-order valence-electron chi connectivity index (χ1n) is 7.42. The van der Waals surface area contributed by atoms with E-state index in [1.54, 1.807) is 48.5 Å². The number of hydrogen-bond acceptors (Lipinski definition) is 3. The lowest BCUT2D eigenvalue weighted by atomic mass is 10.3. The molecule has 126 valence electrons. The summed E-state index contributed by atoms with van der Waals surface area (Å²) in [4.78, 5) is 17.3. The molecule has 3 aromatic rings. The predicted octanol–water partition coefficient (Wildman–Crippen LogP) is 5.08. The number of anilines is 2. The number of aliphatic imine (C=N–C) groups is 1. The van der Waals surface area contributed by atoms with Gasteiger partial charge >= 0.3 is 6.03 Å². The highest BCUT2D eigenvalue weighted by Crippen LogP contribution is 2.21. The second-order valence-corrected chi connectivity index (χ2v) is 6.44. The number of amides is 2. The SMILES string of the molecule is NC(=Nc1ccc(NC(=O)Nc2ccccc2Cl)cc1)c1cccs1. The van der Waals surface area contributed by atoms with Crippen LogP contribution in [0.1, 0.15) is 4.88 Å².